The number of anilines is 1. The van der Waals surface area contributed by atoms with E-state index in [-0.39, 0.29) is 16.7 Å². The molecule has 0 aliphatic carbocycles. The number of carbonyl (C=O) groups is 1. The highest BCUT2D eigenvalue weighted by Gasteiger charge is 2.28. The molecule has 0 spiro atoms. The van der Waals surface area contributed by atoms with Crippen LogP contribution >= 0.6 is 0 Å². The van der Waals surface area contributed by atoms with Crippen LogP contribution in [0.15, 0.2) is 41.3 Å². The highest BCUT2D eigenvalue weighted by molar-refractivity contribution is 7.89. The molecule has 0 saturated carbocycles. The number of ether oxygens (including phenoxy) is 3. The fraction of sp³-hybridized carbons (Fsp3) is 0.519. The van der Waals surface area contributed by atoms with Crippen molar-refractivity contribution >= 4 is 21.6 Å². The first-order valence-electron chi connectivity index (χ1n) is 12.5. The maximum absolute atomic E-state index is 13.4. The van der Waals surface area contributed by atoms with E-state index in [0.29, 0.717) is 62.1 Å². The number of hydrogen-bond acceptors (Lipinski definition) is 7. The van der Waals surface area contributed by atoms with Crippen molar-refractivity contribution in [2.24, 2.45) is 5.92 Å². The summed E-state index contributed by atoms with van der Waals surface area (Å²) in [4.78, 5) is 16.8. The second kappa shape index (κ2) is 12.5. The molecule has 2 aromatic rings. The van der Waals surface area contributed by atoms with Gasteiger partial charge in [0.05, 0.1) is 31.9 Å². The normalized spacial score (nSPS) is 15.0. The summed E-state index contributed by atoms with van der Waals surface area (Å²) in [6.45, 7) is 6.67. The van der Waals surface area contributed by atoms with E-state index in [4.69, 9.17) is 14.2 Å². The van der Waals surface area contributed by atoms with E-state index in [1.165, 1.54) is 4.31 Å². The number of nitrogens with zero attached hydrogens (tertiary/aromatic N) is 3. The van der Waals surface area contributed by atoms with Gasteiger partial charge in [0, 0.05) is 45.7 Å². The van der Waals surface area contributed by atoms with E-state index >= 15 is 0 Å². The summed E-state index contributed by atoms with van der Waals surface area (Å²) in [5.74, 6) is 2.01. The third kappa shape index (κ3) is 6.48. The van der Waals surface area contributed by atoms with Gasteiger partial charge in [-0.3, -0.25) is 4.79 Å². The van der Waals surface area contributed by atoms with Gasteiger partial charge in [0.25, 0.3) is 0 Å². The Labute approximate surface area is 220 Å². The van der Waals surface area contributed by atoms with Gasteiger partial charge in [0.2, 0.25) is 15.9 Å². The first-order chi connectivity index (χ1) is 17.7. The molecular weight excluding hydrogens is 494 g/mol. The van der Waals surface area contributed by atoms with Crippen molar-refractivity contribution in [3.8, 4) is 17.2 Å². The van der Waals surface area contributed by atoms with E-state index in [1.807, 2.05) is 36.9 Å². The standard InChI is InChI=1S/C27H39N3O6S/c1-7-20(2)27(31)30-16-14-29(15-17-30)23-19-22(9-11-24(23)34-4)37(32,33)28(3)13-12-21-8-10-25(35-5)26(18-21)36-6/h8-11,18-20H,7,12-17H2,1-6H3. The molecule has 9 nitrogen and oxygen atoms in total. The number of amides is 1. The summed E-state index contributed by atoms with van der Waals surface area (Å²) < 4.78 is 44.4. The summed E-state index contributed by atoms with van der Waals surface area (Å²) in [5.41, 5.74) is 1.66. The van der Waals surface area contributed by atoms with Gasteiger partial charge in [-0.15, -0.1) is 0 Å². The smallest absolute Gasteiger partial charge is 0.242 e. The molecule has 37 heavy (non-hydrogen) atoms. The van der Waals surface area contributed by atoms with Crippen LogP contribution in [0.4, 0.5) is 5.69 Å². The number of sulfonamides is 1. The zero-order chi connectivity index (χ0) is 27.2. The van der Waals surface area contributed by atoms with Crippen LogP contribution in [0.25, 0.3) is 0 Å². The van der Waals surface area contributed by atoms with Gasteiger partial charge in [0.1, 0.15) is 5.75 Å². The molecule has 0 bridgehead atoms. The topological polar surface area (TPSA) is 88.6 Å². The van der Waals surface area contributed by atoms with E-state index in [1.54, 1.807) is 46.6 Å². The second-order valence-corrected chi connectivity index (χ2v) is 11.3. The minimum atomic E-state index is -3.73. The molecule has 1 unspecified atom stereocenters. The van der Waals surface area contributed by atoms with Crippen LogP contribution in [-0.2, 0) is 21.2 Å². The van der Waals surface area contributed by atoms with Gasteiger partial charge in [-0.25, -0.2) is 12.7 Å². The molecule has 10 heteroatoms. The van der Waals surface area contributed by atoms with Crippen molar-refractivity contribution in [1.29, 1.82) is 0 Å². The van der Waals surface area contributed by atoms with Gasteiger partial charge in [-0.05, 0) is 48.7 Å². The second-order valence-electron chi connectivity index (χ2n) is 9.22. The zero-order valence-electron chi connectivity index (χ0n) is 22.7. The number of benzene rings is 2. The molecule has 1 aliphatic heterocycles. The van der Waals surface area contributed by atoms with Crippen molar-refractivity contribution in [3.05, 3.63) is 42.0 Å². The van der Waals surface area contributed by atoms with Crippen molar-refractivity contribution in [2.45, 2.75) is 31.6 Å². The minimum Gasteiger partial charge on any atom is -0.495 e. The van der Waals surface area contributed by atoms with Crippen LogP contribution in [0.3, 0.4) is 0 Å². The molecule has 3 rings (SSSR count). The van der Waals surface area contributed by atoms with Crippen LogP contribution in [0.5, 0.6) is 17.2 Å². The highest BCUT2D eigenvalue weighted by Crippen LogP contribution is 2.33. The Balaban J connectivity index is 1.74. The maximum Gasteiger partial charge on any atom is 0.242 e. The first kappa shape index (κ1) is 28.6. The summed E-state index contributed by atoms with van der Waals surface area (Å²) in [7, 11) is 2.57. The van der Waals surface area contributed by atoms with Crippen LogP contribution in [0.2, 0.25) is 0 Å². The summed E-state index contributed by atoms with van der Waals surface area (Å²) >= 11 is 0. The van der Waals surface area contributed by atoms with Crippen LogP contribution in [-0.4, -0.2) is 84.6 Å². The summed E-state index contributed by atoms with van der Waals surface area (Å²) in [6, 6.07) is 10.5. The zero-order valence-corrected chi connectivity index (χ0v) is 23.5. The molecule has 1 atom stereocenters. The Morgan fingerprint density at radius 1 is 0.946 bits per heavy atom. The lowest BCUT2D eigenvalue weighted by Gasteiger charge is -2.37. The van der Waals surface area contributed by atoms with E-state index < -0.39 is 10.0 Å². The fourth-order valence-corrected chi connectivity index (χ4v) is 5.55. The van der Waals surface area contributed by atoms with Crippen molar-refractivity contribution in [2.75, 3.05) is 66.0 Å². The Morgan fingerprint density at radius 3 is 2.16 bits per heavy atom. The average Bonchev–Trinajstić information content (AvgIpc) is 2.94. The van der Waals surface area contributed by atoms with Gasteiger partial charge < -0.3 is 24.0 Å². The van der Waals surface area contributed by atoms with Gasteiger partial charge in [-0.1, -0.05) is 19.9 Å². The van der Waals surface area contributed by atoms with Gasteiger partial charge >= 0.3 is 0 Å². The molecule has 1 fully saturated rings. The molecule has 2 aromatic carbocycles. The Kier molecular flexibility index (Phi) is 9.67. The van der Waals surface area contributed by atoms with Crippen molar-refractivity contribution in [3.63, 3.8) is 0 Å². The largest absolute Gasteiger partial charge is 0.495 e. The first-order valence-corrected chi connectivity index (χ1v) is 14.0. The van der Waals surface area contributed by atoms with E-state index in [2.05, 4.69) is 4.90 Å². The lowest BCUT2D eigenvalue weighted by molar-refractivity contribution is -0.135. The summed E-state index contributed by atoms with van der Waals surface area (Å²) in [6.07, 6.45) is 1.33. The van der Waals surface area contributed by atoms with Crippen molar-refractivity contribution < 1.29 is 27.4 Å². The van der Waals surface area contributed by atoms with Gasteiger partial charge in [0.15, 0.2) is 11.5 Å². The van der Waals surface area contributed by atoms with Crippen LogP contribution in [0.1, 0.15) is 25.8 Å². The van der Waals surface area contributed by atoms with E-state index in [0.717, 1.165) is 12.0 Å². The number of piperazine rings is 1. The molecule has 204 valence electrons. The average molecular weight is 534 g/mol. The number of rotatable bonds is 11. The Bertz CT molecular complexity index is 1180. The molecular formula is C27H39N3O6S. The predicted molar refractivity (Wildman–Crippen MR) is 144 cm³/mol. The monoisotopic (exact) mass is 533 g/mol. The third-order valence-corrected chi connectivity index (χ3v) is 8.84. The molecule has 1 saturated heterocycles. The molecule has 1 heterocycles. The molecule has 1 aliphatic rings. The minimum absolute atomic E-state index is 0.00379. The number of methoxy groups -OCH3 is 3. The number of carbonyl (C=O) groups excluding carboxylic acids is 1. The predicted octanol–water partition coefficient (Wildman–Crippen LogP) is 3.27. The molecule has 0 N–H and O–H groups in total. The van der Waals surface area contributed by atoms with Crippen molar-refractivity contribution in [1.82, 2.24) is 9.21 Å². The number of likely N-dealkylation sites (N-methyl/N-ethyl adjacent to an activating group) is 1. The van der Waals surface area contributed by atoms with Crippen LogP contribution in [0, 0.1) is 5.92 Å². The van der Waals surface area contributed by atoms with Crippen LogP contribution < -0.4 is 19.1 Å². The third-order valence-electron chi connectivity index (χ3n) is 6.99. The molecule has 1 amide bonds. The Morgan fingerprint density at radius 2 is 1.57 bits per heavy atom. The lowest BCUT2D eigenvalue weighted by Crippen LogP contribution is -2.50. The van der Waals surface area contributed by atoms with E-state index in [9.17, 15) is 13.2 Å². The lowest BCUT2D eigenvalue weighted by atomic mass is 10.1. The maximum atomic E-state index is 13.4. The van der Waals surface area contributed by atoms with Gasteiger partial charge in [-0.2, -0.15) is 0 Å². The quantitative estimate of drug-likeness (QED) is 0.438. The molecule has 0 radical (unpaired) electrons. The summed E-state index contributed by atoms with van der Waals surface area (Å²) in [5, 5.41) is 0. The Hall–Kier alpha value is -2.98. The number of hydrogen-bond donors (Lipinski definition) is 0. The fourth-order valence-electron chi connectivity index (χ4n) is 4.35. The highest BCUT2D eigenvalue weighted by atomic mass is 32.2. The molecule has 0 aromatic heterocycles. The SMILES string of the molecule is CCC(C)C(=O)N1CCN(c2cc(S(=O)(=O)N(C)CCc3ccc(OC)c(OC)c3)ccc2OC)CC1.